The number of benzene rings is 1. The quantitative estimate of drug-likeness (QED) is 0.789. The highest BCUT2D eigenvalue weighted by molar-refractivity contribution is 5.97. The monoisotopic (exact) mass is 242 g/mol. The van der Waals surface area contributed by atoms with Gasteiger partial charge in [-0.25, -0.2) is 0 Å². The number of aliphatic imine (C=N–C) groups is 1. The van der Waals surface area contributed by atoms with Crippen molar-refractivity contribution < 1.29 is 0 Å². The van der Waals surface area contributed by atoms with E-state index in [9.17, 15) is 0 Å². The summed E-state index contributed by atoms with van der Waals surface area (Å²) in [6, 6.07) is 10.1. The minimum Gasteiger partial charge on any atom is -0.405 e. The van der Waals surface area contributed by atoms with Gasteiger partial charge in [-0.05, 0) is 49.1 Å². The first kappa shape index (κ1) is 12.9. The Morgan fingerprint density at radius 2 is 1.94 bits per heavy atom. The first-order valence-corrected chi connectivity index (χ1v) is 6.73. The lowest BCUT2D eigenvalue weighted by atomic mass is 9.83. The van der Waals surface area contributed by atoms with E-state index in [2.05, 4.69) is 6.92 Å². The van der Waals surface area contributed by atoms with Gasteiger partial charge in [0.15, 0.2) is 0 Å². The summed E-state index contributed by atoms with van der Waals surface area (Å²) in [5.74, 6) is 0. The lowest BCUT2D eigenvalue weighted by molar-refractivity contribution is 0.353. The minimum absolute atomic E-state index is 0.410. The van der Waals surface area contributed by atoms with E-state index in [-0.39, 0.29) is 0 Å². The molecule has 0 amide bonds. The predicted molar refractivity (Wildman–Crippen MR) is 78.1 cm³/mol. The Labute approximate surface area is 110 Å². The summed E-state index contributed by atoms with van der Waals surface area (Å²) >= 11 is 0. The molecule has 18 heavy (non-hydrogen) atoms. The van der Waals surface area contributed by atoms with Crippen LogP contribution in [0.4, 0.5) is 5.69 Å². The number of para-hydroxylation sites is 1. The zero-order chi connectivity index (χ0) is 12.8. The number of allylic oxidation sites excluding steroid dienone is 1. The molecule has 2 heteroatoms. The molecule has 0 saturated heterocycles. The molecule has 0 heterocycles. The fourth-order valence-electron chi connectivity index (χ4n) is 2.76. The second-order valence-corrected chi connectivity index (χ2v) is 5.49. The molecule has 1 aliphatic rings. The summed E-state index contributed by atoms with van der Waals surface area (Å²) < 4.78 is 0. The molecule has 0 aliphatic heterocycles. The van der Waals surface area contributed by atoms with Crippen LogP contribution < -0.4 is 5.73 Å². The SMILES string of the molecule is CC1(CC(C=CN)=Nc2ccccc2)CCCC1. The van der Waals surface area contributed by atoms with E-state index in [0.717, 1.165) is 17.8 Å². The van der Waals surface area contributed by atoms with Crippen molar-refractivity contribution in [2.24, 2.45) is 16.1 Å². The number of rotatable bonds is 4. The largest absolute Gasteiger partial charge is 0.405 e. The van der Waals surface area contributed by atoms with Gasteiger partial charge < -0.3 is 5.73 Å². The van der Waals surface area contributed by atoms with Gasteiger partial charge in [0.25, 0.3) is 0 Å². The Kier molecular flexibility index (Phi) is 4.19. The minimum atomic E-state index is 0.410. The highest BCUT2D eigenvalue weighted by Crippen LogP contribution is 2.41. The molecule has 2 N–H and O–H groups in total. The summed E-state index contributed by atoms with van der Waals surface area (Å²) in [4.78, 5) is 4.71. The summed E-state index contributed by atoms with van der Waals surface area (Å²) in [6.45, 7) is 2.37. The summed E-state index contributed by atoms with van der Waals surface area (Å²) in [5.41, 5.74) is 8.05. The second kappa shape index (κ2) is 5.85. The molecule has 1 aromatic rings. The van der Waals surface area contributed by atoms with Gasteiger partial charge in [-0.1, -0.05) is 38.0 Å². The maximum absolute atomic E-state index is 5.54. The molecule has 2 rings (SSSR count). The first-order valence-electron chi connectivity index (χ1n) is 6.73. The van der Waals surface area contributed by atoms with Crippen LogP contribution in [-0.4, -0.2) is 5.71 Å². The number of nitrogens with zero attached hydrogens (tertiary/aromatic N) is 1. The molecule has 1 saturated carbocycles. The molecule has 0 atom stereocenters. The van der Waals surface area contributed by atoms with Crippen LogP contribution in [0.3, 0.4) is 0 Å². The lowest BCUT2D eigenvalue weighted by Gasteiger charge is -2.23. The zero-order valence-corrected chi connectivity index (χ0v) is 11.1. The van der Waals surface area contributed by atoms with Gasteiger partial charge in [-0.2, -0.15) is 0 Å². The molecule has 0 bridgehead atoms. The van der Waals surface area contributed by atoms with Gasteiger partial charge in [0.05, 0.1) is 5.69 Å². The Balaban J connectivity index is 2.15. The van der Waals surface area contributed by atoms with E-state index in [1.165, 1.54) is 25.7 Å². The summed E-state index contributed by atoms with van der Waals surface area (Å²) in [7, 11) is 0. The fourth-order valence-corrected chi connectivity index (χ4v) is 2.76. The second-order valence-electron chi connectivity index (χ2n) is 5.49. The third kappa shape index (κ3) is 3.46. The molecule has 0 aromatic heterocycles. The van der Waals surface area contributed by atoms with E-state index in [1.807, 2.05) is 36.4 Å². The maximum Gasteiger partial charge on any atom is 0.0632 e. The van der Waals surface area contributed by atoms with Crippen molar-refractivity contribution in [2.45, 2.75) is 39.0 Å². The standard InChI is InChI=1S/C16H22N2/c1-16(10-5-6-11-16)13-15(9-12-17)18-14-7-3-2-4-8-14/h2-4,7-9,12H,5-6,10-11,13,17H2,1H3. The molecular weight excluding hydrogens is 220 g/mol. The van der Waals surface area contributed by atoms with Gasteiger partial charge in [-0.15, -0.1) is 0 Å². The highest BCUT2D eigenvalue weighted by Gasteiger charge is 2.29. The average Bonchev–Trinajstić information content (AvgIpc) is 2.77. The highest BCUT2D eigenvalue weighted by atomic mass is 14.7. The van der Waals surface area contributed by atoms with Gasteiger partial charge in [0.2, 0.25) is 0 Å². The Morgan fingerprint density at radius 1 is 1.28 bits per heavy atom. The van der Waals surface area contributed by atoms with E-state index in [1.54, 1.807) is 6.20 Å². The van der Waals surface area contributed by atoms with Crippen LogP contribution in [0.1, 0.15) is 39.0 Å². The molecule has 1 fully saturated rings. The molecule has 96 valence electrons. The molecular formula is C16H22N2. The predicted octanol–water partition coefficient (Wildman–Crippen LogP) is 4.20. The zero-order valence-electron chi connectivity index (χ0n) is 11.1. The normalized spacial score (nSPS) is 19.5. The van der Waals surface area contributed by atoms with Crippen molar-refractivity contribution in [3.63, 3.8) is 0 Å². The molecule has 0 unspecified atom stereocenters. The fraction of sp³-hybridized carbons (Fsp3) is 0.438. The third-order valence-electron chi connectivity index (χ3n) is 3.74. The first-order chi connectivity index (χ1) is 8.72. The average molecular weight is 242 g/mol. The number of hydrogen-bond acceptors (Lipinski definition) is 2. The molecule has 1 aliphatic carbocycles. The van der Waals surface area contributed by atoms with Crippen molar-refractivity contribution in [3.05, 3.63) is 42.6 Å². The summed E-state index contributed by atoms with van der Waals surface area (Å²) in [6.07, 6.45) is 9.87. The molecule has 0 radical (unpaired) electrons. The van der Waals surface area contributed by atoms with Crippen molar-refractivity contribution in [1.29, 1.82) is 0 Å². The van der Waals surface area contributed by atoms with Crippen LogP contribution in [0, 0.1) is 5.41 Å². The van der Waals surface area contributed by atoms with E-state index < -0.39 is 0 Å². The van der Waals surface area contributed by atoms with Crippen LogP contribution in [0.15, 0.2) is 47.6 Å². The van der Waals surface area contributed by atoms with Crippen LogP contribution in [-0.2, 0) is 0 Å². The maximum atomic E-state index is 5.54. The van der Waals surface area contributed by atoms with Gasteiger partial charge >= 0.3 is 0 Å². The smallest absolute Gasteiger partial charge is 0.0632 e. The Bertz CT molecular complexity index is 426. The third-order valence-corrected chi connectivity index (χ3v) is 3.74. The van der Waals surface area contributed by atoms with Gasteiger partial charge in [0, 0.05) is 5.71 Å². The topological polar surface area (TPSA) is 38.4 Å². The van der Waals surface area contributed by atoms with Crippen molar-refractivity contribution in [1.82, 2.24) is 0 Å². The molecule has 2 nitrogen and oxygen atoms in total. The van der Waals surface area contributed by atoms with Gasteiger partial charge in [-0.3, -0.25) is 4.99 Å². The number of nitrogens with two attached hydrogens (primary N) is 1. The molecule has 0 spiro atoms. The Morgan fingerprint density at radius 3 is 2.56 bits per heavy atom. The van der Waals surface area contributed by atoms with Crippen molar-refractivity contribution in [2.75, 3.05) is 0 Å². The summed E-state index contributed by atoms with van der Waals surface area (Å²) in [5, 5.41) is 0. The number of hydrogen-bond donors (Lipinski definition) is 1. The van der Waals surface area contributed by atoms with Gasteiger partial charge in [0.1, 0.15) is 0 Å². The van der Waals surface area contributed by atoms with E-state index in [0.29, 0.717) is 5.41 Å². The van der Waals surface area contributed by atoms with E-state index >= 15 is 0 Å². The van der Waals surface area contributed by atoms with Crippen molar-refractivity contribution >= 4 is 11.4 Å². The van der Waals surface area contributed by atoms with Crippen LogP contribution in [0.2, 0.25) is 0 Å². The molecule has 1 aromatic carbocycles. The van der Waals surface area contributed by atoms with Crippen LogP contribution >= 0.6 is 0 Å². The van der Waals surface area contributed by atoms with Crippen molar-refractivity contribution in [3.8, 4) is 0 Å². The van der Waals surface area contributed by atoms with Crippen LogP contribution in [0.25, 0.3) is 0 Å². The lowest BCUT2D eigenvalue weighted by Crippen LogP contribution is -2.16. The van der Waals surface area contributed by atoms with Crippen LogP contribution in [0.5, 0.6) is 0 Å². The Hall–Kier alpha value is -1.57. The van der Waals surface area contributed by atoms with E-state index in [4.69, 9.17) is 10.7 Å².